The fourth-order valence-corrected chi connectivity index (χ4v) is 3.52. The van der Waals surface area contributed by atoms with E-state index >= 15 is 0 Å². The number of carbonyl (C=O) groups is 1. The molecule has 2 aliphatic rings. The lowest BCUT2D eigenvalue weighted by molar-refractivity contribution is -0.149. The average molecular weight is 309 g/mol. The van der Waals surface area contributed by atoms with E-state index in [1.54, 1.807) is 0 Å². The second-order valence-corrected chi connectivity index (χ2v) is 6.41. The molecular formula is C17H21F2NO2. The molecule has 3 rings (SSSR count). The zero-order valence-corrected chi connectivity index (χ0v) is 12.7. The van der Waals surface area contributed by atoms with E-state index < -0.39 is 23.0 Å². The number of hydrogen-bond acceptors (Lipinski definition) is 3. The third-order valence-electron chi connectivity index (χ3n) is 4.91. The van der Waals surface area contributed by atoms with Gasteiger partial charge in [-0.25, -0.2) is 8.78 Å². The Hall–Kier alpha value is -1.49. The molecule has 0 atom stereocenters. The molecule has 2 fully saturated rings. The van der Waals surface area contributed by atoms with Gasteiger partial charge in [-0.3, -0.25) is 4.79 Å². The molecule has 22 heavy (non-hydrogen) atoms. The highest BCUT2D eigenvalue weighted by atomic mass is 19.1. The molecule has 0 saturated heterocycles. The molecule has 2 saturated carbocycles. The van der Waals surface area contributed by atoms with Crippen LogP contribution in [0.15, 0.2) is 18.2 Å². The van der Waals surface area contributed by atoms with E-state index in [2.05, 4.69) is 5.32 Å². The summed E-state index contributed by atoms with van der Waals surface area (Å²) >= 11 is 0. The molecule has 3 nitrogen and oxygen atoms in total. The Morgan fingerprint density at radius 3 is 2.36 bits per heavy atom. The molecule has 0 spiro atoms. The van der Waals surface area contributed by atoms with Crippen LogP contribution in [0, 0.1) is 11.6 Å². The maximum Gasteiger partial charge on any atom is 0.316 e. The Morgan fingerprint density at radius 1 is 1.18 bits per heavy atom. The van der Waals surface area contributed by atoms with Crippen molar-refractivity contribution in [1.82, 2.24) is 5.32 Å². The molecule has 0 radical (unpaired) electrons. The van der Waals surface area contributed by atoms with Crippen LogP contribution in [0.2, 0.25) is 0 Å². The largest absolute Gasteiger partial charge is 0.468 e. The highest BCUT2D eigenvalue weighted by Gasteiger charge is 2.46. The summed E-state index contributed by atoms with van der Waals surface area (Å²) in [5.41, 5.74) is -0.737. The van der Waals surface area contributed by atoms with E-state index in [4.69, 9.17) is 4.74 Å². The van der Waals surface area contributed by atoms with Crippen molar-refractivity contribution in [3.05, 3.63) is 35.4 Å². The Kier molecular flexibility index (Phi) is 4.17. The second kappa shape index (κ2) is 5.95. The van der Waals surface area contributed by atoms with Crippen molar-refractivity contribution in [3.8, 4) is 0 Å². The SMILES string of the molecule is COC(=O)C1(c2ccc(F)cc2F)CCC(NC2CC2)CC1. The normalized spacial score (nSPS) is 28.4. The summed E-state index contributed by atoms with van der Waals surface area (Å²) in [7, 11) is 1.32. The Labute approximate surface area is 129 Å². The molecule has 0 amide bonds. The van der Waals surface area contributed by atoms with Crippen LogP contribution in [0.5, 0.6) is 0 Å². The standard InChI is InChI=1S/C17H21F2NO2/c1-22-16(21)17(14-5-2-11(18)10-15(14)19)8-6-13(7-9-17)20-12-3-4-12/h2,5,10,12-13,20H,3-4,6-9H2,1H3. The van der Waals surface area contributed by atoms with Crippen molar-refractivity contribution in [2.24, 2.45) is 0 Å². The summed E-state index contributed by atoms with van der Waals surface area (Å²) in [4.78, 5) is 12.4. The van der Waals surface area contributed by atoms with Gasteiger partial charge < -0.3 is 10.1 Å². The maximum atomic E-state index is 14.2. The monoisotopic (exact) mass is 309 g/mol. The maximum absolute atomic E-state index is 14.2. The molecule has 1 aromatic rings. The molecule has 1 aromatic carbocycles. The molecule has 5 heteroatoms. The Balaban J connectivity index is 1.84. The van der Waals surface area contributed by atoms with E-state index in [1.165, 1.54) is 32.1 Å². The number of carbonyl (C=O) groups excluding carboxylic acids is 1. The number of nitrogens with one attached hydrogen (secondary N) is 1. The first-order chi connectivity index (χ1) is 10.5. The molecule has 0 unspecified atom stereocenters. The van der Waals surface area contributed by atoms with Gasteiger partial charge in [-0.15, -0.1) is 0 Å². The van der Waals surface area contributed by atoms with Crippen LogP contribution in [0.25, 0.3) is 0 Å². The van der Waals surface area contributed by atoms with Crippen molar-refractivity contribution in [1.29, 1.82) is 0 Å². The van der Waals surface area contributed by atoms with Crippen molar-refractivity contribution >= 4 is 5.97 Å². The summed E-state index contributed by atoms with van der Waals surface area (Å²) in [6.45, 7) is 0. The summed E-state index contributed by atoms with van der Waals surface area (Å²) in [5, 5.41) is 3.56. The first-order valence-corrected chi connectivity index (χ1v) is 7.85. The van der Waals surface area contributed by atoms with Crippen molar-refractivity contribution in [3.63, 3.8) is 0 Å². The molecular weight excluding hydrogens is 288 g/mol. The van der Waals surface area contributed by atoms with Gasteiger partial charge in [0.05, 0.1) is 12.5 Å². The van der Waals surface area contributed by atoms with E-state index in [0.717, 1.165) is 18.9 Å². The minimum absolute atomic E-state index is 0.255. The number of rotatable bonds is 4. The van der Waals surface area contributed by atoms with Crippen LogP contribution in [0.1, 0.15) is 44.1 Å². The summed E-state index contributed by atoms with van der Waals surface area (Å²) in [5.74, 6) is -1.73. The van der Waals surface area contributed by atoms with Gasteiger partial charge in [0.1, 0.15) is 11.6 Å². The van der Waals surface area contributed by atoms with Gasteiger partial charge in [0.15, 0.2) is 0 Å². The number of methoxy groups -OCH3 is 1. The van der Waals surface area contributed by atoms with Gasteiger partial charge in [-0.1, -0.05) is 6.07 Å². The molecule has 1 N–H and O–H groups in total. The number of esters is 1. The number of benzene rings is 1. The van der Waals surface area contributed by atoms with Crippen LogP contribution in [0.4, 0.5) is 8.78 Å². The minimum Gasteiger partial charge on any atom is -0.468 e. The fourth-order valence-electron chi connectivity index (χ4n) is 3.52. The number of ether oxygens (including phenoxy) is 1. The van der Waals surface area contributed by atoms with E-state index in [1.807, 2.05) is 0 Å². The molecule has 0 aliphatic heterocycles. The van der Waals surface area contributed by atoms with Gasteiger partial charge in [0, 0.05) is 23.7 Å². The Bertz CT molecular complexity index is 564. The molecule has 0 heterocycles. The van der Waals surface area contributed by atoms with Crippen LogP contribution in [-0.4, -0.2) is 25.2 Å². The van der Waals surface area contributed by atoms with Gasteiger partial charge in [-0.2, -0.15) is 0 Å². The lowest BCUT2D eigenvalue weighted by Crippen LogP contribution is -2.46. The zero-order chi connectivity index (χ0) is 15.7. The predicted octanol–water partition coefficient (Wildman–Crippen LogP) is 3.07. The molecule has 0 aromatic heterocycles. The summed E-state index contributed by atoms with van der Waals surface area (Å²) in [6, 6.07) is 4.41. The van der Waals surface area contributed by atoms with Crippen LogP contribution < -0.4 is 5.32 Å². The highest BCUT2D eigenvalue weighted by molar-refractivity contribution is 5.83. The minimum atomic E-state index is -0.992. The lowest BCUT2D eigenvalue weighted by atomic mass is 9.68. The van der Waals surface area contributed by atoms with Crippen molar-refractivity contribution in [2.75, 3.05) is 7.11 Å². The van der Waals surface area contributed by atoms with Crippen LogP contribution in [-0.2, 0) is 14.9 Å². The van der Waals surface area contributed by atoms with Crippen LogP contribution in [0.3, 0.4) is 0 Å². The first-order valence-electron chi connectivity index (χ1n) is 7.85. The molecule has 2 aliphatic carbocycles. The van der Waals surface area contributed by atoms with Gasteiger partial charge in [0.25, 0.3) is 0 Å². The highest BCUT2D eigenvalue weighted by Crippen LogP contribution is 2.42. The number of halogens is 2. The van der Waals surface area contributed by atoms with Crippen molar-refractivity contribution in [2.45, 2.75) is 56.0 Å². The van der Waals surface area contributed by atoms with Gasteiger partial charge in [-0.05, 0) is 44.6 Å². The zero-order valence-electron chi connectivity index (χ0n) is 12.7. The van der Waals surface area contributed by atoms with Gasteiger partial charge in [0.2, 0.25) is 0 Å². The van der Waals surface area contributed by atoms with Crippen molar-refractivity contribution < 1.29 is 18.3 Å². The quantitative estimate of drug-likeness (QED) is 0.869. The average Bonchev–Trinajstić information content (AvgIpc) is 3.32. The van der Waals surface area contributed by atoms with Gasteiger partial charge >= 0.3 is 5.97 Å². The summed E-state index contributed by atoms with van der Waals surface area (Å²) in [6.07, 6.45) is 5.06. The lowest BCUT2D eigenvalue weighted by Gasteiger charge is -2.38. The third kappa shape index (κ3) is 2.86. The second-order valence-electron chi connectivity index (χ2n) is 6.41. The summed E-state index contributed by atoms with van der Waals surface area (Å²) < 4.78 is 32.3. The number of hydrogen-bond donors (Lipinski definition) is 1. The fraction of sp³-hybridized carbons (Fsp3) is 0.588. The third-order valence-corrected chi connectivity index (χ3v) is 4.91. The topological polar surface area (TPSA) is 38.3 Å². The van der Waals surface area contributed by atoms with E-state index in [0.29, 0.717) is 24.9 Å². The predicted molar refractivity (Wildman–Crippen MR) is 78.5 cm³/mol. The van der Waals surface area contributed by atoms with Crippen LogP contribution >= 0.6 is 0 Å². The first kappa shape index (κ1) is 15.4. The Morgan fingerprint density at radius 2 is 1.82 bits per heavy atom. The molecule has 0 bridgehead atoms. The smallest absolute Gasteiger partial charge is 0.316 e. The molecule has 120 valence electrons. The van der Waals surface area contributed by atoms with E-state index in [9.17, 15) is 13.6 Å². The van der Waals surface area contributed by atoms with E-state index in [-0.39, 0.29) is 5.56 Å².